The maximum absolute atomic E-state index is 14.1. The highest BCUT2D eigenvalue weighted by molar-refractivity contribution is 5.28. The van der Waals surface area contributed by atoms with E-state index >= 15 is 0 Å². The van der Waals surface area contributed by atoms with Crippen molar-refractivity contribution in [2.75, 3.05) is 32.8 Å². The summed E-state index contributed by atoms with van der Waals surface area (Å²) < 4.78 is 25.0. The Morgan fingerprint density at radius 2 is 1.79 bits per heavy atom. The highest BCUT2D eigenvalue weighted by Crippen LogP contribution is 2.16. The van der Waals surface area contributed by atoms with E-state index in [1.165, 1.54) is 0 Å². The summed E-state index contributed by atoms with van der Waals surface area (Å²) in [6, 6.07) is 7.54. The van der Waals surface area contributed by atoms with Gasteiger partial charge in [-0.2, -0.15) is 0 Å². The van der Waals surface area contributed by atoms with E-state index in [4.69, 9.17) is 9.47 Å². The number of hydrogen-bond donors (Lipinski definition) is 4. The van der Waals surface area contributed by atoms with E-state index < -0.39 is 30.6 Å². The van der Waals surface area contributed by atoms with Crippen molar-refractivity contribution in [3.63, 3.8) is 0 Å². The van der Waals surface area contributed by atoms with Crippen LogP contribution in [0.5, 0.6) is 5.75 Å². The third-order valence-electron chi connectivity index (χ3n) is 5.05. The van der Waals surface area contributed by atoms with Crippen LogP contribution in [0.15, 0.2) is 24.3 Å². The molecule has 166 valence electrons. The summed E-state index contributed by atoms with van der Waals surface area (Å²) in [4.78, 5) is 1.78. The lowest BCUT2D eigenvalue weighted by atomic mass is 10.1. The molecule has 0 bridgehead atoms. The molecule has 1 fully saturated rings. The Morgan fingerprint density at radius 3 is 2.45 bits per heavy atom. The highest BCUT2D eigenvalue weighted by atomic mass is 19.1. The van der Waals surface area contributed by atoms with E-state index in [2.05, 4.69) is 0 Å². The average Bonchev–Trinajstić information content (AvgIpc) is 2.78. The van der Waals surface area contributed by atoms with Crippen LogP contribution in [-0.2, 0) is 11.3 Å². The van der Waals surface area contributed by atoms with Crippen LogP contribution >= 0.6 is 0 Å². The van der Waals surface area contributed by atoms with Crippen LogP contribution in [0.2, 0.25) is 0 Å². The summed E-state index contributed by atoms with van der Waals surface area (Å²) in [5, 5.41) is 39.1. The van der Waals surface area contributed by atoms with Crippen LogP contribution in [0.1, 0.15) is 31.7 Å². The molecule has 0 aromatic heterocycles. The van der Waals surface area contributed by atoms with Gasteiger partial charge in [0.05, 0.1) is 32.0 Å². The molecule has 1 heterocycles. The molecule has 0 aliphatic carbocycles. The molecule has 8 heteroatoms. The Balaban J connectivity index is 1.61. The van der Waals surface area contributed by atoms with E-state index in [0.717, 1.165) is 11.3 Å². The van der Waals surface area contributed by atoms with Crippen molar-refractivity contribution in [3.8, 4) is 5.75 Å². The van der Waals surface area contributed by atoms with Gasteiger partial charge in [-0.05, 0) is 50.4 Å². The second-order valence-corrected chi connectivity index (χ2v) is 7.56. The molecule has 1 aliphatic heterocycles. The Bertz CT molecular complexity index is 576. The Kier molecular flexibility index (Phi) is 10.3. The molecular formula is C21H34FNO6. The summed E-state index contributed by atoms with van der Waals surface area (Å²) in [7, 11) is 0. The second kappa shape index (κ2) is 12.4. The van der Waals surface area contributed by atoms with E-state index in [1.807, 2.05) is 31.2 Å². The first-order valence-corrected chi connectivity index (χ1v) is 10.3. The topological polar surface area (TPSA) is 103 Å². The number of likely N-dealkylation sites (tertiary alicyclic amines) is 1. The van der Waals surface area contributed by atoms with Crippen molar-refractivity contribution in [2.45, 2.75) is 63.4 Å². The highest BCUT2D eigenvalue weighted by Gasteiger charge is 2.35. The van der Waals surface area contributed by atoms with Gasteiger partial charge in [-0.3, -0.25) is 4.90 Å². The predicted molar refractivity (Wildman–Crippen MR) is 106 cm³/mol. The Labute approximate surface area is 171 Å². The molecule has 0 spiro atoms. The Morgan fingerprint density at radius 1 is 1.10 bits per heavy atom. The van der Waals surface area contributed by atoms with Crippen LogP contribution in [0.3, 0.4) is 0 Å². The van der Waals surface area contributed by atoms with Crippen LogP contribution in [0, 0.1) is 0 Å². The molecule has 0 amide bonds. The van der Waals surface area contributed by atoms with Gasteiger partial charge in [0.2, 0.25) is 0 Å². The number of rotatable bonds is 11. The molecule has 0 radical (unpaired) electrons. The smallest absolute Gasteiger partial charge is 0.123 e. The van der Waals surface area contributed by atoms with Crippen molar-refractivity contribution in [2.24, 2.45) is 0 Å². The summed E-state index contributed by atoms with van der Waals surface area (Å²) in [6.45, 7) is 3.74. The molecule has 1 unspecified atom stereocenters. The third-order valence-corrected chi connectivity index (χ3v) is 5.05. The lowest BCUT2D eigenvalue weighted by Crippen LogP contribution is -2.43. The van der Waals surface area contributed by atoms with E-state index in [1.54, 1.807) is 4.90 Å². The van der Waals surface area contributed by atoms with Gasteiger partial charge in [-0.25, -0.2) is 4.39 Å². The number of halogens is 1. The summed E-state index contributed by atoms with van der Waals surface area (Å²) in [5.41, 5.74) is 0.936. The second-order valence-electron chi connectivity index (χ2n) is 7.56. The minimum Gasteiger partial charge on any atom is -0.494 e. The average molecular weight is 416 g/mol. The molecule has 1 aliphatic rings. The van der Waals surface area contributed by atoms with Crippen molar-refractivity contribution < 1.29 is 34.3 Å². The number of alkyl halides is 1. The number of ether oxygens (including phenoxy) is 2. The quantitative estimate of drug-likeness (QED) is 0.398. The van der Waals surface area contributed by atoms with Crippen LogP contribution in [-0.4, -0.2) is 88.8 Å². The number of β-amino-alcohol motifs (C(OH)–C–C–N with tert-alkyl or cyclic N) is 2. The fourth-order valence-electron chi connectivity index (χ4n) is 3.44. The molecule has 2 rings (SSSR count). The number of aliphatic hydroxyl groups is 4. The fourth-order valence-corrected chi connectivity index (χ4v) is 3.44. The number of nitrogens with zero attached hydrogens (tertiary/aromatic N) is 1. The lowest BCUT2D eigenvalue weighted by Gasteiger charge is -2.23. The normalized spacial score (nSPS) is 26.8. The van der Waals surface area contributed by atoms with Crippen LogP contribution < -0.4 is 4.74 Å². The molecule has 29 heavy (non-hydrogen) atoms. The number of aliphatic hydroxyl groups excluding tert-OH is 4. The molecule has 0 saturated carbocycles. The third kappa shape index (κ3) is 8.16. The van der Waals surface area contributed by atoms with Gasteiger partial charge in [-0.1, -0.05) is 12.1 Å². The van der Waals surface area contributed by atoms with Crippen LogP contribution in [0.25, 0.3) is 0 Å². The van der Waals surface area contributed by atoms with Gasteiger partial charge >= 0.3 is 0 Å². The zero-order valence-electron chi connectivity index (χ0n) is 17.0. The Hall–Kier alpha value is -1.29. The van der Waals surface area contributed by atoms with E-state index in [0.29, 0.717) is 39.0 Å². The van der Waals surface area contributed by atoms with Gasteiger partial charge < -0.3 is 29.9 Å². The van der Waals surface area contributed by atoms with Gasteiger partial charge in [0, 0.05) is 13.1 Å². The SMILES string of the molecule is CCOc1cccc(COCC(F)CCCCN2C[C@H](O)[C@@H](O)[C@H](O)[C@@H](O)C2)c1. The number of hydrogen-bond acceptors (Lipinski definition) is 7. The van der Waals surface area contributed by atoms with E-state index in [-0.39, 0.29) is 19.7 Å². The van der Waals surface area contributed by atoms with Crippen molar-refractivity contribution in [1.29, 1.82) is 0 Å². The van der Waals surface area contributed by atoms with Crippen LogP contribution in [0.4, 0.5) is 4.39 Å². The molecule has 1 aromatic carbocycles. The molecular weight excluding hydrogens is 381 g/mol. The molecule has 5 atom stereocenters. The lowest BCUT2D eigenvalue weighted by molar-refractivity contribution is -0.0894. The number of benzene rings is 1. The van der Waals surface area contributed by atoms with Crippen molar-refractivity contribution in [1.82, 2.24) is 4.90 Å². The van der Waals surface area contributed by atoms with E-state index in [9.17, 15) is 24.8 Å². The zero-order chi connectivity index (χ0) is 21.2. The largest absolute Gasteiger partial charge is 0.494 e. The first-order chi connectivity index (χ1) is 13.9. The molecule has 1 saturated heterocycles. The summed E-state index contributed by atoms with van der Waals surface area (Å²) in [6.07, 6.45) is -4.34. The van der Waals surface area contributed by atoms with Gasteiger partial charge in [0.25, 0.3) is 0 Å². The molecule has 7 nitrogen and oxygen atoms in total. The maximum Gasteiger partial charge on any atom is 0.123 e. The standard InChI is InChI=1S/C21H34FNO6/c1-2-29-17-8-5-6-15(10-17)13-28-14-16(22)7-3-4-9-23-11-18(24)20(26)21(27)19(25)12-23/h5-6,8,10,16,18-21,24-27H,2-4,7,9,11-14H2,1H3/t16?,18-,19-,20+,21+/m0/s1. The predicted octanol–water partition coefficient (Wildman–Crippen LogP) is 0.869. The number of unbranched alkanes of at least 4 members (excludes halogenated alkanes) is 1. The maximum atomic E-state index is 14.1. The van der Waals surface area contributed by atoms with Crippen molar-refractivity contribution in [3.05, 3.63) is 29.8 Å². The first-order valence-electron chi connectivity index (χ1n) is 10.3. The van der Waals surface area contributed by atoms with Gasteiger partial charge in [0.15, 0.2) is 0 Å². The van der Waals surface area contributed by atoms with Crippen molar-refractivity contribution >= 4 is 0 Å². The monoisotopic (exact) mass is 415 g/mol. The fraction of sp³-hybridized carbons (Fsp3) is 0.714. The zero-order valence-corrected chi connectivity index (χ0v) is 17.0. The van der Waals surface area contributed by atoms with Gasteiger partial charge in [0.1, 0.15) is 24.1 Å². The summed E-state index contributed by atoms with van der Waals surface area (Å²) in [5.74, 6) is 0.772. The molecule has 4 N–H and O–H groups in total. The first kappa shape index (κ1) is 24.0. The summed E-state index contributed by atoms with van der Waals surface area (Å²) >= 11 is 0. The molecule has 1 aromatic rings. The minimum atomic E-state index is -1.36. The van der Waals surface area contributed by atoms with Gasteiger partial charge in [-0.15, -0.1) is 0 Å². The minimum absolute atomic E-state index is 0.0262.